The van der Waals surface area contributed by atoms with Crippen LogP contribution in [0.3, 0.4) is 0 Å². The average Bonchev–Trinajstić information content (AvgIpc) is 2.89. The lowest BCUT2D eigenvalue weighted by atomic mass is 10.1. The molecule has 0 unspecified atom stereocenters. The van der Waals surface area contributed by atoms with Crippen LogP contribution in [-0.2, 0) is 13.1 Å². The lowest BCUT2D eigenvalue weighted by Crippen LogP contribution is -2.37. The van der Waals surface area contributed by atoms with Gasteiger partial charge in [-0.25, -0.2) is 0 Å². The Bertz CT molecular complexity index is 1270. The zero-order valence-corrected chi connectivity index (χ0v) is 19.1. The van der Waals surface area contributed by atoms with Crippen molar-refractivity contribution in [2.75, 3.05) is 18.6 Å². The number of benzene rings is 3. The highest BCUT2D eigenvalue weighted by Gasteiger charge is 2.10. The molecule has 1 aromatic heterocycles. The van der Waals surface area contributed by atoms with Crippen LogP contribution in [0.2, 0.25) is 0 Å². The quantitative estimate of drug-likeness (QED) is 0.215. The smallest absolute Gasteiger partial charge is 0.256 e. The van der Waals surface area contributed by atoms with Crippen molar-refractivity contribution in [3.63, 3.8) is 0 Å². The van der Waals surface area contributed by atoms with Crippen molar-refractivity contribution >= 4 is 28.2 Å². The van der Waals surface area contributed by atoms with Crippen molar-refractivity contribution < 1.29 is 4.79 Å². The van der Waals surface area contributed by atoms with Gasteiger partial charge in [0.15, 0.2) is 0 Å². The normalized spacial score (nSPS) is 11.4. The number of amidine groups is 1. The van der Waals surface area contributed by atoms with Crippen molar-refractivity contribution in [1.82, 2.24) is 15.6 Å². The maximum atomic E-state index is 12.7. The lowest BCUT2D eigenvalue weighted by Gasteiger charge is -2.16. The van der Waals surface area contributed by atoms with Gasteiger partial charge in [0.05, 0.1) is 12.2 Å². The van der Waals surface area contributed by atoms with Gasteiger partial charge in [-0.1, -0.05) is 48.5 Å². The molecule has 7 heteroatoms. The van der Waals surface area contributed by atoms with E-state index >= 15 is 0 Å². The van der Waals surface area contributed by atoms with E-state index in [2.05, 4.69) is 38.9 Å². The van der Waals surface area contributed by atoms with Crippen LogP contribution >= 0.6 is 0 Å². The molecule has 0 aliphatic heterocycles. The number of rotatable bonds is 8. The zero-order valence-electron chi connectivity index (χ0n) is 19.1. The van der Waals surface area contributed by atoms with Gasteiger partial charge < -0.3 is 16.4 Å². The molecular weight excluding hydrogens is 424 g/mol. The first kappa shape index (κ1) is 23.1. The number of nitrogens with one attached hydrogen (secondary N) is 2. The van der Waals surface area contributed by atoms with E-state index in [0.29, 0.717) is 17.9 Å². The predicted octanol–water partition coefficient (Wildman–Crippen LogP) is 3.66. The van der Waals surface area contributed by atoms with Crippen LogP contribution in [0.1, 0.15) is 21.5 Å². The Morgan fingerprint density at radius 3 is 2.44 bits per heavy atom. The Kier molecular flexibility index (Phi) is 7.60. The van der Waals surface area contributed by atoms with Gasteiger partial charge >= 0.3 is 0 Å². The number of hydrogen-bond acceptors (Lipinski definition) is 6. The first-order valence-corrected chi connectivity index (χ1v) is 11.1. The second-order valence-electron chi connectivity index (χ2n) is 7.92. The van der Waals surface area contributed by atoms with E-state index in [0.717, 1.165) is 34.1 Å². The molecule has 0 aliphatic carbocycles. The number of carbonyl (C=O) groups excluding carboxylic acids is 1. The fraction of sp³-hybridized carbons (Fsp3) is 0.148. The minimum absolute atomic E-state index is 0.111. The fourth-order valence-corrected chi connectivity index (χ4v) is 3.56. The third-order valence-corrected chi connectivity index (χ3v) is 5.43. The van der Waals surface area contributed by atoms with Crippen molar-refractivity contribution in [3.05, 3.63) is 108 Å². The van der Waals surface area contributed by atoms with E-state index in [1.165, 1.54) is 0 Å². The topological polar surface area (TPSA) is 95.6 Å². The van der Waals surface area contributed by atoms with E-state index in [1.54, 1.807) is 23.3 Å². The minimum atomic E-state index is -0.244. The number of hydrazone groups is 1. The second kappa shape index (κ2) is 11.2. The highest BCUT2D eigenvalue weighted by Crippen LogP contribution is 2.21. The standard InChI is InChI=1S/C27H28N6O/c1-33(25-13-12-22-6-2-3-7-24(22)15-25)32-26(16-28)31-27(34)23-10-8-20(9-11-23)17-30-19-21-5-4-14-29-18-21/h2-15,18,30H,16-17,19,28H2,1H3,(H,31,32,34). The molecule has 0 aliphatic rings. The molecule has 0 saturated heterocycles. The molecule has 172 valence electrons. The molecule has 0 spiro atoms. The first-order valence-electron chi connectivity index (χ1n) is 11.1. The van der Waals surface area contributed by atoms with Crippen LogP contribution in [0.15, 0.2) is 96.4 Å². The Balaban J connectivity index is 1.35. The molecule has 0 fully saturated rings. The second-order valence-corrected chi connectivity index (χ2v) is 7.92. The number of amides is 1. The van der Waals surface area contributed by atoms with Crippen LogP contribution in [-0.4, -0.2) is 30.3 Å². The zero-order chi connectivity index (χ0) is 23.8. The molecule has 7 nitrogen and oxygen atoms in total. The Morgan fingerprint density at radius 1 is 0.941 bits per heavy atom. The van der Waals surface area contributed by atoms with Crippen molar-refractivity contribution in [1.29, 1.82) is 0 Å². The van der Waals surface area contributed by atoms with Gasteiger partial charge in [-0.3, -0.25) is 14.8 Å². The summed E-state index contributed by atoms with van der Waals surface area (Å²) in [6.07, 6.45) is 3.60. The number of anilines is 1. The van der Waals surface area contributed by atoms with Crippen LogP contribution in [0.4, 0.5) is 5.69 Å². The summed E-state index contributed by atoms with van der Waals surface area (Å²) in [6, 6.07) is 25.6. The van der Waals surface area contributed by atoms with Crippen molar-refractivity contribution in [3.8, 4) is 0 Å². The van der Waals surface area contributed by atoms with E-state index in [9.17, 15) is 4.79 Å². The van der Waals surface area contributed by atoms with Crippen LogP contribution in [0.25, 0.3) is 10.8 Å². The molecule has 0 saturated carbocycles. The van der Waals surface area contributed by atoms with Crippen LogP contribution in [0.5, 0.6) is 0 Å². The average molecular weight is 453 g/mol. The third kappa shape index (κ3) is 6.04. The number of aromatic nitrogens is 1. The highest BCUT2D eigenvalue weighted by molar-refractivity contribution is 6.07. The lowest BCUT2D eigenvalue weighted by molar-refractivity contribution is 0.0976. The van der Waals surface area contributed by atoms with Gasteiger partial charge in [0.1, 0.15) is 5.84 Å². The molecule has 4 N–H and O–H groups in total. The van der Waals surface area contributed by atoms with E-state index in [4.69, 9.17) is 5.73 Å². The van der Waals surface area contributed by atoms with Gasteiger partial charge in [0.25, 0.3) is 5.91 Å². The maximum Gasteiger partial charge on any atom is 0.256 e. The van der Waals surface area contributed by atoms with Crippen LogP contribution in [0, 0.1) is 0 Å². The summed E-state index contributed by atoms with van der Waals surface area (Å²) < 4.78 is 0. The molecule has 0 bridgehead atoms. The molecule has 34 heavy (non-hydrogen) atoms. The summed E-state index contributed by atoms with van der Waals surface area (Å²) >= 11 is 0. The molecule has 1 amide bonds. The third-order valence-electron chi connectivity index (χ3n) is 5.43. The number of nitrogens with zero attached hydrogens (tertiary/aromatic N) is 3. The Morgan fingerprint density at radius 2 is 1.71 bits per heavy atom. The predicted molar refractivity (Wildman–Crippen MR) is 138 cm³/mol. The SMILES string of the molecule is CN(/N=C(\CN)NC(=O)c1ccc(CNCc2cccnc2)cc1)c1ccc2ccccc2c1. The molecule has 4 aromatic rings. The van der Waals surface area contributed by atoms with Gasteiger partial charge in [0.2, 0.25) is 0 Å². The molecule has 4 rings (SSSR count). The molecule has 3 aromatic carbocycles. The number of carbonyl (C=O) groups is 1. The maximum absolute atomic E-state index is 12.7. The number of pyridine rings is 1. The summed E-state index contributed by atoms with van der Waals surface area (Å²) in [4.78, 5) is 16.8. The largest absolute Gasteiger partial charge is 0.324 e. The Hall–Kier alpha value is -4.07. The van der Waals surface area contributed by atoms with E-state index in [-0.39, 0.29) is 12.5 Å². The molecule has 1 heterocycles. The summed E-state index contributed by atoms with van der Waals surface area (Å²) in [5.41, 5.74) is 9.52. The summed E-state index contributed by atoms with van der Waals surface area (Å²) in [6.45, 7) is 1.54. The van der Waals surface area contributed by atoms with E-state index in [1.807, 2.05) is 61.8 Å². The van der Waals surface area contributed by atoms with Gasteiger partial charge in [-0.15, -0.1) is 0 Å². The summed E-state index contributed by atoms with van der Waals surface area (Å²) in [5, 5.41) is 14.7. The highest BCUT2D eigenvalue weighted by atomic mass is 16.1. The van der Waals surface area contributed by atoms with Crippen molar-refractivity contribution in [2.24, 2.45) is 10.8 Å². The monoisotopic (exact) mass is 452 g/mol. The molecule has 0 atom stereocenters. The van der Waals surface area contributed by atoms with Gasteiger partial charge in [-0.2, -0.15) is 5.10 Å². The number of hydrogen-bond donors (Lipinski definition) is 3. The summed E-state index contributed by atoms with van der Waals surface area (Å²) in [7, 11) is 1.83. The van der Waals surface area contributed by atoms with Gasteiger partial charge in [-0.05, 0) is 52.2 Å². The summed E-state index contributed by atoms with van der Waals surface area (Å²) in [5.74, 6) is 0.147. The number of nitrogens with two attached hydrogens (primary N) is 1. The first-order chi connectivity index (χ1) is 16.6. The van der Waals surface area contributed by atoms with Gasteiger partial charge in [0, 0.05) is 38.1 Å². The number of fused-ring (bicyclic) bond motifs is 1. The minimum Gasteiger partial charge on any atom is -0.324 e. The fourth-order valence-electron chi connectivity index (χ4n) is 3.56. The van der Waals surface area contributed by atoms with Crippen LogP contribution < -0.4 is 21.4 Å². The Labute approximate surface area is 199 Å². The molecule has 0 radical (unpaired) electrons. The van der Waals surface area contributed by atoms with E-state index < -0.39 is 0 Å². The molecular formula is C27H28N6O. The van der Waals surface area contributed by atoms with Crippen molar-refractivity contribution in [2.45, 2.75) is 13.1 Å².